The number of urea groups is 1. The number of anilines is 1. The van der Waals surface area contributed by atoms with Crippen LogP contribution in [-0.4, -0.2) is 50.4 Å². The van der Waals surface area contributed by atoms with Gasteiger partial charge in [-0.25, -0.2) is 9.59 Å². The number of rotatable bonds is 8. The van der Waals surface area contributed by atoms with Crippen LogP contribution in [0.3, 0.4) is 0 Å². The minimum atomic E-state index is -0.750. The fraction of sp³-hybridized carbons (Fsp3) is 0.500. The first-order valence-corrected chi connectivity index (χ1v) is 8.82. The Labute approximate surface area is 157 Å². The molecule has 1 saturated heterocycles. The van der Waals surface area contributed by atoms with E-state index in [1.54, 1.807) is 18.2 Å². The Morgan fingerprint density at radius 1 is 1.15 bits per heavy atom. The molecule has 0 saturated carbocycles. The highest BCUT2D eigenvalue weighted by Crippen LogP contribution is 2.30. The second-order valence-corrected chi connectivity index (χ2v) is 5.64. The maximum atomic E-state index is 11.9. The van der Waals surface area contributed by atoms with Gasteiger partial charge in [0.05, 0.1) is 13.2 Å². The van der Waals surface area contributed by atoms with Crippen molar-refractivity contribution in [3.8, 4) is 11.5 Å². The first-order chi connectivity index (χ1) is 13.0. The van der Waals surface area contributed by atoms with Crippen LogP contribution in [-0.2, 0) is 19.1 Å². The first kappa shape index (κ1) is 20.5. The maximum Gasteiger partial charge on any atom is 0.335 e. The van der Waals surface area contributed by atoms with E-state index < -0.39 is 30.6 Å². The number of nitrogens with one attached hydrogen (secondary N) is 2. The van der Waals surface area contributed by atoms with Crippen LogP contribution in [0.5, 0.6) is 11.5 Å². The fourth-order valence-corrected chi connectivity index (χ4v) is 2.45. The van der Waals surface area contributed by atoms with Crippen molar-refractivity contribution < 1.29 is 33.3 Å². The lowest BCUT2D eigenvalue weighted by Crippen LogP contribution is -2.38. The lowest BCUT2D eigenvalue weighted by Gasteiger charge is -2.13. The molecule has 2 N–H and O–H groups in total. The summed E-state index contributed by atoms with van der Waals surface area (Å²) < 4.78 is 20.9. The summed E-state index contributed by atoms with van der Waals surface area (Å²) in [4.78, 5) is 35.3. The average molecular weight is 380 g/mol. The highest BCUT2D eigenvalue weighted by Gasteiger charge is 2.25. The smallest absolute Gasteiger partial charge is 0.335 e. The number of amides is 3. The molecule has 1 heterocycles. The van der Waals surface area contributed by atoms with Gasteiger partial charge in [0.25, 0.3) is 5.91 Å². The standard InChI is InChI=1S/C18H24N2O7/c1-3-24-13-8-7-12(10-15(13)25-4-2)19-18(23)20-16(21)11-27-17(22)14-6-5-9-26-14/h7-8,10,14H,3-6,9,11H2,1-2H3,(H2,19,20,21,23)/t14-/m1/s1. The largest absolute Gasteiger partial charge is 0.490 e. The zero-order valence-corrected chi connectivity index (χ0v) is 15.4. The van der Waals surface area contributed by atoms with E-state index in [0.29, 0.717) is 43.4 Å². The van der Waals surface area contributed by atoms with Crippen LogP contribution in [0.15, 0.2) is 18.2 Å². The Hall–Kier alpha value is -2.81. The highest BCUT2D eigenvalue weighted by atomic mass is 16.6. The van der Waals surface area contributed by atoms with Crippen LogP contribution in [0.1, 0.15) is 26.7 Å². The number of imide groups is 1. The average Bonchev–Trinajstić information content (AvgIpc) is 3.17. The molecule has 9 heteroatoms. The van der Waals surface area contributed by atoms with Gasteiger partial charge in [0.1, 0.15) is 0 Å². The van der Waals surface area contributed by atoms with E-state index in [4.69, 9.17) is 18.9 Å². The molecule has 0 aliphatic carbocycles. The number of hydrogen-bond acceptors (Lipinski definition) is 7. The quantitative estimate of drug-likeness (QED) is 0.662. The van der Waals surface area contributed by atoms with Gasteiger partial charge in [0, 0.05) is 18.4 Å². The summed E-state index contributed by atoms with van der Waals surface area (Å²) in [5.74, 6) is -0.304. The van der Waals surface area contributed by atoms with Crippen molar-refractivity contribution in [2.75, 3.05) is 31.7 Å². The summed E-state index contributed by atoms with van der Waals surface area (Å²) in [5, 5.41) is 4.60. The molecule has 0 bridgehead atoms. The van der Waals surface area contributed by atoms with E-state index in [0.717, 1.165) is 6.42 Å². The zero-order chi connectivity index (χ0) is 19.6. The Bertz CT molecular complexity index is 672. The number of ether oxygens (including phenoxy) is 4. The minimum absolute atomic E-state index is 0.420. The molecule has 3 amide bonds. The number of carbonyl (C=O) groups is 3. The molecule has 1 aliphatic rings. The molecule has 148 valence electrons. The molecule has 1 atom stereocenters. The third kappa shape index (κ3) is 6.45. The van der Waals surface area contributed by atoms with Gasteiger partial charge in [-0.05, 0) is 38.8 Å². The van der Waals surface area contributed by atoms with Crippen molar-refractivity contribution in [1.82, 2.24) is 5.32 Å². The van der Waals surface area contributed by atoms with Gasteiger partial charge in [-0.15, -0.1) is 0 Å². The molecule has 1 aliphatic heterocycles. The summed E-state index contributed by atoms with van der Waals surface area (Å²) in [6.07, 6.45) is 0.716. The van der Waals surface area contributed by atoms with E-state index in [-0.39, 0.29) is 0 Å². The summed E-state index contributed by atoms with van der Waals surface area (Å²) in [6, 6.07) is 4.13. The predicted octanol–water partition coefficient (Wildman–Crippen LogP) is 1.85. The van der Waals surface area contributed by atoms with E-state index in [1.807, 2.05) is 13.8 Å². The third-order valence-corrected chi connectivity index (χ3v) is 3.59. The summed E-state index contributed by atoms with van der Waals surface area (Å²) in [7, 11) is 0. The molecule has 0 radical (unpaired) electrons. The van der Waals surface area contributed by atoms with Gasteiger partial charge in [-0.3, -0.25) is 10.1 Å². The number of carbonyl (C=O) groups excluding carboxylic acids is 3. The lowest BCUT2D eigenvalue weighted by molar-refractivity contribution is -0.157. The van der Waals surface area contributed by atoms with E-state index in [2.05, 4.69) is 10.6 Å². The van der Waals surface area contributed by atoms with Crippen molar-refractivity contribution >= 4 is 23.6 Å². The van der Waals surface area contributed by atoms with Crippen LogP contribution in [0, 0.1) is 0 Å². The van der Waals surface area contributed by atoms with Crippen molar-refractivity contribution in [1.29, 1.82) is 0 Å². The topological polar surface area (TPSA) is 112 Å². The van der Waals surface area contributed by atoms with Crippen LogP contribution >= 0.6 is 0 Å². The zero-order valence-electron chi connectivity index (χ0n) is 15.4. The molecule has 1 aromatic carbocycles. The molecular formula is C18H24N2O7. The number of hydrogen-bond donors (Lipinski definition) is 2. The van der Waals surface area contributed by atoms with Crippen molar-refractivity contribution in [2.24, 2.45) is 0 Å². The number of benzene rings is 1. The van der Waals surface area contributed by atoms with Crippen molar-refractivity contribution in [2.45, 2.75) is 32.8 Å². The van der Waals surface area contributed by atoms with Crippen LogP contribution < -0.4 is 20.1 Å². The predicted molar refractivity (Wildman–Crippen MR) is 95.9 cm³/mol. The van der Waals surface area contributed by atoms with Crippen LogP contribution in [0.25, 0.3) is 0 Å². The number of esters is 1. The van der Waals surface area contributed by atoms with E-state index in [9.17, 15) is 14.4 Å². The lowest BCUT2D eigenvalue weighted by atomic mass is 10.2. The van der Waals surface area contributed by atoms with Gasteiger partial charge >= 0.3 is 12.0 Å². The summed E-state index contributed by atoms with van der Waals surface area (Å²) in [6.45, 7) is 4.54. The Morgan fingerprint density at radius 3 is 2.56 bits per heavy atom. The van der Waals surface area contributed by atoms with E-state index >= 15 is 0 Å². The van der Waals surface area contributed by atoms with Crippen molar-refractivity contribution in [3.05, 3.63) is 18.2 Å². The van der Waals surface area contributed by atoms with Gasteiger partial charge in [0.2, 0.25) is 0 Å². The molecule has 2 rings (SSSR count). The molecule has 0 unspecified atom stereocenters. The molecule has 27 heavy (non-hydrogen) atoms. The fourth-order valence-electron chi connectivity index (χ4n) is 2.45. The van der Waals surface area contributed by atoms with Crippen molar-refractivity contribution in [3.63, 3.8) is 0 Å². The second-order valence-electron chi connectivity index (χ2n) is 5.64. The third-order valence-electron chi connectivity index (χ3n) is 3.59. The molecular weight excluding hydrogens is 356 g/mol. The monoisotopic (exact) mass is 380 g/mol. The summed E-state index contributed by atoms with van der Waals surface area (Å²) >= 11 is 0. The van der Waals surface area contributed by atoms with Crippen LogP contribution in [0.4, 0.5) is 10.5 Å². The molecule has 0 aromatic heterocycles. The van der Waals surface area contributed by atoms with Gasteiger partial charge in [-0.2, -0.15) is 0 Å². The molecule has 9 nitrogen and oxygen atoms in total. The summed E-state index contributed by atoms with van der Waals surface area (Å²) in [5.41, 5.74) is 0.420. The first-order valence-electron chi connectivity index (χ1n) is 8.82. The molecule has 1 fully saturated rings. The maximum absolute atomic E-state index is 11.9. The highest BCUT2D eigenvalue weighted by molar-refractivity contribution is 6.02. The van der Waals surface area contributed by atoms with E-state index in [1.165, 1.54) is 0 Å². The Balaban J connectivity index is 1.82. The van der Waals surface area contributed by atoms with Gasteiger partial charge in [-0.1, -0.05) is 0 Å². The van der Waals surface area contributed by atoms with Crippen LogP contribution in [0.2, 0.25) is 0 Å². The minimum Gasteiger partial charge on any atom is -0.490 e. The Kier molecular flexibility index (Phi) is 7.87. The van der Waals surface area contributed by atoms with Gasteiger partial charge in [0.15, 0.2) is 24.2 Å². The molecule has 1 aromatic rings. The SMILES string of the molecule is CCOc1ccc(NC(=O)NC(=O)COC(=O)[C@H]2CCCO2)cc1OCC. The molecule has 0 spiro atoms. The normalized spacial score (nSPS) is 15.7. The second kappa shape index (κ2) is 10.4. The van der Waals surface area contributed by atoms with Gasteiger partial charge < -0.3 is 24.3 Å². The Morgan fingerprint density at radius 2 is 1.89 bits per heavy atom.